The fraction of sp³-hybridized carbons (Fsp3) is 0.267. The minimum absolute atomic E-state index is 0.152. The first-order valence-corrected chi connectivity index (χ1v) is 6.55. The summed E-state index contributed by atoms with van der Waals surface area (Å²) in [5, 5.41) is 8.15. The number of nitrogens with one attached hydrogen (secondary N) is 1. The van der Waals surface area contributed by atoms with Crippen LogP contribution < -0.4 is 10.2 Å². The van der Waals surface area contributed by atoms with Crippen molar-refractivity contribution in [3.63, 3.8) is 0 Å². The first-order chi connectivity index (χ1) is 10.1. The first kappa shape index (κ1) is 14.8. The Balaban J connectivity index is 1.88. The number of hydrogen-bond donors (Lipinski definition) is 1. The minimum Gasteiger partial charge on any atom is -0.497 e. The summed E-state index contributed by atoms with van der Waals surface area (Å²) < 4.78 is 6.71. The van der Waals surface area contributed by atoms with E-state index in [1.807, 2.05) is 44.2 Å². The number of carbonyl (C=O) groups excluding carboxylic acids is 1. The summed E-state index contributed by atoms with van der Waals surface area (Å²) in [4.78, 5) is 11.8. The number of carbonyl (C=O) groups is 1. The molecule has 1 N–H and O–H groups in total. The fourth-order valence-corrected chi connectivity index (χ4v) is 1.88. The van der Waals surface area contributed by atoms with Gasteiger partial charge in [0.15, 0.2) is 0 Å². The molecule has 110 valence electrons. The lowest BCUT2D eigenvalue weighted by Gasteiger charge is -2.03. The third kappa shape index (κ3) is 4.17. The molecular weight excluding hydrogens is 268 g/mol. The van der Waals surface area contributed by atoms with Crippen LogP contribution in [0.2, 0.25) is 0 Å². The van der Waals surface area contributed by atoms with Gasteiger partial charge < -0.3 is 4.74 Å². The van der Waals surface area contributed by atoms with E-state index < -0.39 is 0 Å². The molecule has 1 amide bonds. The lowest BCUT2D eigenvalue weighted by atomic mass is 10.2. The maximum Gasteiger partial charge on any atom is 0.261 e. The van der Waals surface area contributed by atoms with Gasteiger partial charge in [-0.3, -0.25) is 9.48 Å². The summed E-state index contributed by atoms with van der Waals surface area (Å²) >= 11 is 0. The molecule has 1 aromatic heterocycles. The molecular formula is C15H18N4O2. The van der Waals surface area contributed by atoms with E-state index in [2.05, 4.69) is 15.6 Å². The maximum absolute atomic E-state index is 11.8. The summed E-state index contributed by atoms with van der Waals surface area (Å²) in [6.45, 7) is 3.96. The molecule has 2 aromatic rings. The smallest absolute Gasteiger partial charge is 0.261 e. The van der Waals surface area contributed by atoms with E-state index in [9.17, 15) is 4.79 Å². The first-order valence-electron chi connectivity index (χ1n) is 6.55. The van der Waals surface area contributed by atoms with Crippen molar-refractivity contribution in [2.75, 3.05) is 7.11 Å². The number of methoxy groups -OCH3 is 1. The Morgan fingerprint density at radius 3 is 2.67 bits per heavy atom. The van der Waals surface area contributed by atoms with Crippen LogP contribution in [0.4, 0.5) is 0 Å². The lowest BCUT2D eigenvalue weighted by molar-refractivity contribution is -0.121. The van der Waals surface area contributed by atoms with Crippen LogP contribution >= 0.6 is 0 Å². The molecule has 21 heavy (non-hydrogen) atoms. The van der Waals surface area contributed by atoms with Crippen LogP contribution in [0.15, 0.2) is 35.4 Å². The number of ether oxygens (including phenoxy) is 1. The SMILES string of the molecule is COc1ccc(/C=N/NC(=O)Cn2nc(C)cc2C)cc1. The van der Waals surface area contributed by atoms with Crippen LogP contribution in [0.1, 0.15) is 17.0 Å². The number of benzene rings is 1. The minimum atomic E-state index is -0.217. The van der Waals surface area contributed by atoms with Gasteiger partial charge in [0.25, 0.3) is 5.91 Å². The molecule has 0 atom stereocenters. The van der Waals surface area contributed by atoms with Gasteiger partial charge in [0, 0.05) is 5.69 Å². The predicted octanol–water partition coefficient (Wildman–Crippen LogP) is 1.66. The van der Waals surface area contributed by atoms with Crippen LogP contribution in [0.5, 0.6) is 5.75 Å². The summed E-state index contributed by atoms with van der Waals surface area (Å²) in [6.07, 6.45) is 1.58. The van der Waals surface area contributed by atoms with Crippen LogP contribution in [-0.4, -0.2) is 29.0 Å². The molecule has 1 heterocycles. The van der Waals surface area contributed by atoms with Crippen molar-refractivity contribution in [1.29, 1.82) is 0 Å². The average Bonchev–Trinajstić information content (AvgIpc) is 2.77. The number of rotatable bonds is 5. The standard InChI is InChI=1S/C15H18N4O2/c1-11-8-12(2)19(18-11)10-15(20)17-16-9-13-4-6-14(21-3)7-5-13/h4-9H,10H2,1-3H3,(H,17,20)/b16-9+. The molecule has 1 aromatic carbocycles. The fourth-order valence-electron chi connectivity index (χ4n) is 1.88. The van der Waals surface area contributed by atoms with Crippen molar-refractivity contribution in [1.82, 2.24) is 15.2 Å². The highest BCUT2D eigenvalue weighted by atomic mass is 16.5. The molecule has 0 bridgehead atoms. The second kappa shape index (κ2) is 6.69. The molecule has 0 saturated carbocycles. The number of aryl methyl sites for hydroxylation is 2. The van der Waals surface area contributed by atoms with Crippen LogP contribution in [-0.2, 0) is 11.3 Å². The van der Waals surface area contributed by atoms with Gasteiger partial charge in [0.2, 0.25) is 0 Å². The van der Waals surface area contributed by atoms with Gasteiger partial charge in [-0.2, -0.15) is 10.2 Å². The molecule has 0 aliphatic heterocycles. The third-order valence-corrected chi connectivity index (χ3v) is 2.92. The maximum atomic E-state index is 11.8. The zero-order chi connectivity index (χ0) is 15.2. The second-order valence-electron chi connectivity index (χ2n) is 4.65. The number of hydrogen-bond acceptors (Lipinski definition) is 4. The highest BCUT2D eigenvalue weighted by Gasteiger charge is 2.05. The lowest BCUT2D eigenvalue weighted by Crippen LogP contribution is -2.24. The topological polar surface area (TPSA) is 68.5 Å². The predicted molar refractivity (Wildman–Crippen MR) is 80.4 cm³/mol. The van der Waals surface area contributed by atoms with E-state index in [4.69, 9.17) is 4.74 Å². The van der Waals surface area contributed by atoms with Gasteiger partial charge in [-0.1, -0.05) is 0 Å². The Kier molecular flexibility index (Phi) is 4.71. The van der Waals surface area contributed by atoms with Crippen LogP contribution in [0, 0.1) is 13.8 Å². The molecule has 2 rings (SSSR count). The molecule has 0 fully saturated rings. The molecule has 6 nitrogen and oxygen atoms in total. The van der Waals surface area contributed by atoms with E-state index >= 15 is 0 Å². The summed E-state index contributed by atoms with van der Waals surface area (Å²) in [7, 11) is 1.61. The number of nitrogens with zero attached hydrogens (tertiary/aromatic N) is 3. The quantitative estimate of drug-likeness (QED) is 0.671. The highest BCUT2D eigenvalue weighted by molar-refractivity contribution is 5.82. The van der Waals surface area contributed by atoms with E-state index in [-0.39, 0.29) is 12.5 Å². The third-order valence-electron chi connectivity index (χ3n) is 2.92. The van der Waals surface area contributed by atoms with Gasteiger partial charge in [0.1, 0.15) is 12.3 Å². The van der Waals surface area contributed by atoms with Crippen molar-refractivity contribution in [2.24, 2.45) is 5.10 Å². The Morgan fingerprint density at radius 1 is 1.38 bits per heavy atom. The summed E-state index contributed by atoms with van der Waals surface area (Å²) in [5.41, 5.74) is 5.20. The Hall–Kier alpha value is -2.63. The van der Waals surface area contributed by atoms with Crippen molar-refractivity contribution in [2.45, 2.75) is 20.4 Å². The van der Waals surface area contributed by atoms with Gasteiger partial charge in [0.05, 0.1) is 19.0 Å². The molecule has 0 aliphatic carbocycles. The molecule has 0 unspecified atom stereocenters. The van der Waals surface area contributed by atoms with Gasteiger partial charge in [-0.15, -0.1) is 0 Å². The molecule has 0 aliphatic rings. The zero-order valence-electron chi connectivity index (χ0n) is 12.3. The monoisotopic (exact) mass is 286 g/mol. The van der Waals surface area contributed by atoms with Gasteiger partial charge in [-0.05, 0) is 49.7 Å². The van der Waals surface area contributed by atoms with Crippen molar-refractivity contribution in [3.8, 4) is 5.75 Å². The Bertz CT molecular complexity index is 644. The Morgan fingerprint density at radius 2 is 2.10 bits per heavy atom. The molecule has 0 spiro atoms. The largest absolute Gasteiger partial charge is 0.497 e. The molecule has 0 saturated heterocycles. The summed E-state index contributed by atoms with van der Waals surface area (Å²) in [6, 6.07) is 9.30. The van der Waals surface area contributed by atoms with E-state index in [0.29, 0.717) is 0 Å². The van der Waals surface area contributed by atoms with Crippen LogP contribution in [0.3, 0.4) is 0 Å². The molecule has 6 heteroatoms. The zero-order valence-corrected chi connectivity index (χ0v) is 12.3. The van der Waals surface area contributed by atoms with Crippen molar-refractivity contribution in [3.05, 3.63) is 47.3 Å². The van der Waals surface area contributed by atoms with Crippen LogP contribution in [0.25, 0.3) is 0 Å². The summed E-state index contributed by atoms with van der Waals surface area (Å²) in [5.74, 6) is 0.562. The highest BCUT2D eigenvalue weighted by Crippen LogP contribution is 2.09. The van der Waals surface area contributed by atoms with E-state index in [1.165, 1.54) is 0 Å². The second-order valence-corrected chi connectivity index (χ2v) is 4.65. The molecule has 0 radical (unpaired) electrons. The van der Waals surface area contributed by atoms with Crippen molar-refractivity contribution >= 4 is 12.1 Å². The number of hydrazone groups is 1. The number of aromatic nitrogens is 2. The number of amides is 1. The Labute approximate surface area is 123 Å². The van der Waals surface area contributed by atoms with E-state index in [0.717, 1.165) is 22.7 Å². The van der Waals surface area contributed by atoms with Gasteiger partial charge >= 0.3 is 0 Å². The van der Waals surface area contributed by atoms with E-state index in [1.54, 1.807) is 18.0 Å². The van der Waals surface area contributed by atoms with Crippen molar-refractivity contribution < 1.29 is 9.53 Å². The average molecular weight is 286 g/mol. The normalized spacial score (nSPS) is 10.8. The van der Waals surface area contributed by atoms with Gasteiger partial charge in [-0.25, -0.2) is 5.43 Å².